The summed E-state index contributed by atoms with van der Waals surface area (Å²) in [7, 11) is 2.02. The fraction of sp³-hybridized carbons (Fsp3) is 0.462. The fourth-order valence-electron chi connectivity index (χ4n) is 1.84. The highest BCUT2D eigenvalue weighted by Gasteiger charge is 2.04. The first-order valence-corrected chi connectivity index (χ1v) is 6.15. The van der Waals surface area contributed by atoms with Gasteiger partial charge in [0.2, 0.25) is 5.95 Å². The van der Waals surface area contributed by atoms with E-state index in [1.165, 1.54) is 0 Å². The van der Waals surface area contributed by atoms with Crippen LogP contribution in [0.5, 0.6) is 0 Å². The van der Waals surface area contributed by atoms with Crippen LogP contribution in [0.4, 0.5) is 5.95 Å². The molecule has 5 nitrogen and oxygen atoms in total. The highest BCUT2D eigenvalue weighted by atomic mass is 15.2. The molecule has 0 atom stereocenters. The summed E-state index contributed by atoms with van der Waals surface area (Å²) in [4.78, 5) is 15.0. The van der Waals surface area contributed by atoms with E-state index in [9.17, 15) is 0 Å². The Morgan fingerprint density at radius 2 is 2.06 bits per heavy atom. The molecule has 96 valence electrons. The van der Waals surface area contributed by atoms with Crippen molar-refractivity contribution in [3.63, 3.8) is 0 Å². The summed E-state index contributed by atoms with van der Waals surface area (Å²) in [6, 6.07) is 1.91. The van der Waals surface area contributed by atoms with Crippen molar-refractivity contribution in [2.24, 2.45) is 0 Å². The number of aryl methyl sites for hydroxylation is 3. The third kappa shape index (κ3) is 3.06. The first-order valence-electron chi connectivity index (χ1n) is 6.15. The lowest BCUT2D eigenvalue weighted by molar-refractivity contribution is 0.618. The topological polar surface area (TPSA) is 46.8 Å². The van der Waals surface area contributed by atoms with Crippen molar-refractivity contribution in [1.82, 2.24) is 19.5 Å². The van der Waals surface area contributed by atoms with E-state index < -0.39 is 0 Å². The number of aromatic nitrogens is 4. The van der Waals surface area contributed by atoms with Crippen LogP contribution in [0.25, 0.3) is 0 Å². The van der Waals surface area contributed by atoms with E-state index >= 15 is 0 Å². The monoisotopic (exact) mass is 245 g/mol. The van der Waals surface area contributed by atoms with Crippen molar-refractivity contribution in [1.29, 1.82) is 0 Å². The molecule has 0 N–H and O–H groups in total. The lowest BCUT2D eigenvalue weighted by Gasteiger charge is -2.17. The van der Waals surface area contributed by atoms with Gasteiger partial charge in [-0.1, -0.05) is 0 Å². The van der Waals surface area contributed by atoms with Crippen LogP contribution in [0, 0.1) is 13.8 Å². The van der Waals surface area contributed by atoms with Gasteiger partial charge in [-0.3, -0.25) is 0 Å². The van der Waals surface area contributed by atoms with Crippen molar-refractivity contribution in [2.75, 3.05) is 18.5 Å². The summed E-state index contributed by atoms with van der Waals surface area (Å²) in [6.45, 7) is 5.91. The second kappa shape index (κ2) is 5.62. The summed E-state index contributed by atoms with van der Waals surface area (Å²) < 4.78 is 2.16. The largest absolute Gasteiger partial charge is 0.344 e. The van der Waals surface area contributed by atoms with Crippen LogP contribution in [0.3, 0.4) is 0 Å². The number of imidazole rings is 1. The summed E-state index contributed by atoms with van der Waals surface area (Å²) in [5.74, 6) is 1.85. The number of rotatable bonds is 5. The molecule has 0 bridgehead atoms. The lowest BCUT2D eigenvalue weighted by Crippen LogP contribution is -2.22. The molecule has 0 unspecified atom stereocenters. The zero-order valence-electron chi connectivity index (χ0n) is 11.2. The van der Waals surface area contributed by atoms with E-state index in [1.54, 1.807) is 6.20 Å². The van der Waals surface area contributed by atoms with E-state index in [0.29, 0.717) is 0 Å². The van der Waals surface area contributed by atoms with Crippen LogP contribution in [-0.4, -0.2) is 33.1 Å². The molecule has 2 aromatic rings. The average molecular weight is 245 g/mol. The predicted octanol–water partition coefficient (Wildman–Crippen LogP) is 1.82. The SMILES string of the molecule is Cc1ccnc(N(C)CCCn2ccnc2C)n1. The third-order valence-corrected chi connectivity index (χ3v) is 2.94. The van der Waals surface area contributed by atoms with Gasteiger partial charge in [0.05, 0.1) is 0 Å². The minimum absolute atomic E-state index is 0.789. The fourth-order valence-corrected chi connectivity index (χ4v) is 1.84. The van der Waals surface area contributed by atoms with Crippen LogP contribution in [0.2, 0.25) is 0 Å². The predicted molar refractivity (Wildman–Crippen MR) is 71.6 cm³/mol. The Hall–Kier alpha value is -1.91. The van der Waals surface area contributed by atoms with Crippen molar-refractivity contribution in [2.45, 2.75) is 26.8 Å². The Morgan fingerprint density at radius 1 is 1.22 bits per heavy atom. The van der Waals surface area contributed by atoms with E-state index in [0.717, 1.165) is 37.0 Å². The van der Waals surface area contributed by atoms with Crippen molar-refractivity contribution in [3.05, 3.63) is 36.2 Å². The van der Waals surface area contributed by atoms with Crippen LogP contribution >= 0.6 is 0 Å². The van der Waals surface area contributed by atoms with Gasteiger partial charge in [0.25, 0.3) is 0 Å². The van der Waals surface area contributed by atoms with Gasteiger partial charge in [0.1, 0.15) is 5.82 Å². The molecule has 0 radical (unpaired) electrons. The zero-order chi connectivity index (χ0) is 13.0. The van der Waals surface area contributed by atoms with Gasteiger partial charge in [0, 0.05) is 44.4 Å². The number of hydrogen-bond acceptors (Lipinski definition) is 4. The smallest absolute Gasteiger partial charge is 0.225 e. The Morgan fingerprint density at radius 3 is 2.72 bits per heavy atom. The van der Waals surface area contributed by atoms with E-state index in [2.05, 4.69) is 24.4 Å². The zero-order valence-corrected chi connectivity index (χ0v) is 11.2. The highest BCUT2D eigenvalue weighted by molar-refractivity contribution is 5.28. The molecule has 2 heterocycles. The second-order valence-electron chi connectivity index (χ2n) is 4.44. The molecule has 2 rings (SSSR count). The van der Waals surface area contributed by atoms with E-state index in [1.807, 2.05) is 39.4 Å². The minimum atomic E-state index is 0.789. The molecule has 0 aromatic carbocycles. The van der Waals surface area contributed by atoms with Crippen molar-refractivity contribution < 1.29 is 0 Å². The summed E-state index contributed by atoms with van der Waals surface area (Å²) >= 11 is 0. The molecule has 0 saturated carbocycles. The Bertz CT molecular complexity index is 506. The third-order valence-electron chi connectivity index (χ3n) is 2.94. The standard InChI is InChI=1S/C13H19N5/c1-11-5-6-15-13(16-11)17(3)8-4-9-18-10-7-14-12(18)2/h5-7,10H,4,8-9H2,1-3H3. The van der Waals surface area contributed by atoms with Gasteiger partial charge < -0.3 is 9.47 Å². The minimum Gasteiger partial charge on any atom is -0.344 e. The molecule has 0 aliphatic rings. The van der Waals surface area contributed by atoms with Gasteiger partial charge in [0.15, 0.2) is 0 Å². The van der Waals surface area contributed by atoms with Crippen LogP contribution in [0.15, 0.2) is 24.7 Å². The van der Waals surface area contributed by atoms with Crippen LogP contribution in [0.1, 0.15) is 17.9 Å². The summed E-state index contributed by atoms with van der Waals surface area (Å²) in [5.41, 5.74) is 0.998. The van der Waals surface area contributed by atoms with Crippen LogP contribution < -0.4 is 4.90 Å². The van der Waals surface area contributed by atoms with Crippen molar-refractivity contribution >= 4 is 5.95 Å². The molecule has 0 fully saturated rings. The molecule has 2 aromatic heterocycles. The Balaban J connectivity index is 1.85. The molecule has 0 amide bonds. The quantitative estimate of drug-likeness (QED) is 0.806. The first kappa shape index (κ1) is 12.5. The molecule has 5 heteroatoms. The molecule has 18 heavy (non-hydrogen) atoms. The molecule has 0 aliphatic heterocycles. The molecule has 0 saturated heterocycles. The van der Waals surface area contributed by atoms with Gasteiger partial charge in [-0.15, -0.1) is 0 Å². The molecule has 0 aliphatic carbocycles. The average Bonchev–Trinajstić information content (AvgIpc) is 2.75. The van der Waals surface area contributed by atoms with Crippen molar-refractivity contribution in [3.8, 4) is 0 Å². The second-order valence-corrected chi connectivity index (χ2v) is 4.44. The maximum Gasteiger partial charge on any atom is 0.225 e. The van der Waals surface area contributed by atoms with Gasteiger partial charge >= 0.3 is 0 Å². The molecular weight excluding hydrogens is 226 g/mol. The lowest BCUT2D eigenvalue weighted by atomic mass is 10.4. The van der Waals surface area contributed by atoms with E-state index in [-0.39, 0.29) is 0 Å². The number of anilines is 1. The summed E-state index contributed by atoms with van der Waals surface area (Å²) in [6.07, 6.45) is 6.69. The van der Waals surface area contributed by atoms with E-state index in [4.69, 9.17) is 0 Å². The maximum absolute atomic E-state index is 4.40. The molecular formula is C13H19N5. The normalized spacial score (nSPS) is 10.6. The van der Waals surface area contributed by atoms with Gasteiger partial charge in [-0.05, 0) is 26.3 Å². The van der Waals surface area contributed by atoms with Gasteiger partial charge in [-0.2, -0.15) is 0 Å². The Labute approximate surface area is 108 Å². The Kier molecular flexibility index (Phi) is 3.92. The van der Waals surface area contributed by atoms with Crippen LogP contribution in [-0.2, 0) is 6.54 Å². The maximum atomic E-state index is 4.40. The molecule has 0 spiro atoms. The summed E-state index contributed by atoms with van der Waals surface area (Å²) in [5, 5.41) is 0. The van der Waals surface area contributed by atoms with Gasteiger partial charge in [-0.25, -0.2) is 15.0 Å². The highest BCUT2D eigenvalue weighted by Crippen LogP contribution is 2.06. The number of nitrogens with zero attached hydrogens (tertiary/aromatic N) is 5. The first-order chi connectivity index (χ1) is 8.66. The number of hydrogen-bond donors (Lipinski definition) is 0.